The molecule has 0 spiro atoms. The highest BCUT2D eigenvalue weighted by molar-refractivity contribution is 6.32. The van der Waals surface area contributed by atoms with Crippen molar-refractivity contribution in [2.45, 2.75) is 12.8 Å². The van der Waals surface area contributed by atoms with Crippen LogP contribution in [0.25, 0.3) is 16.7 Å². The third kappa shape index (κ3) is 2.37. The maximum absolute atomic E-state index is 6.38. The van der Waals surface area contributed by atoms with Crippen LogP contribution in [0.3, 0.4) is 0 Å². The summed E-state index contributed by atoms with van der Waals surface area (Å²) in [7, 11) is 1.63. The Morgan fingerprint density at radius 2 is 2.05 bits per heavy atom. The minimum absolute atomic E-state index is 0.307. The van der Waals surface area contributed by atoms with Crippen LogP contribution in [0, 0.1) is 6.92 Å². The first-order valence-electron chi connectivity index (χ1n) is 6.52. The van der Waals surface area contributed by atoms with E-state index in [-0.39, 0.29) is 0 Å². The van der Waals surface area contributed by atoms with Crippen molar-refractivity contribution in [2.75, 3.05) is 7.11 Å². The number of ether oxygens (including phenoxy) is 1. The minimum Gasteiger partial charge on any atom is -0.497 e. The monoisotopic (exact) mass is 320 g/mol. The Kier molecular flexibility index (Phi) is 3.79. The van der Waals surface area contributed by atoms with Crippen LogP contribution in [0.4, 0.5) is 0 Å². The molecule has 108 valence electrons. The molecule has 3 rings (SSSR count). The standard InChI is InChI=1S/C16H14Cl2N2O/c1-10-4-3-5-13-16(10)20(15(9-17)19-13)14-8-11(21-2)6-7-12(14)18/h3-8H,9H2,1-2H3. The van der Waals surface area contributed by atoms with E-state index in [1.165, 1.54) is 0 Å². The Hall–Kier alpha value is -1.71. The number of fused-ring (bicyclic) bond motifs is 1. The van der Waals surface area contributed by atoms with Crippen molar-refractivity contribution in [1.82, 2.24) is 9.55 Å². The van der Waals surface area contributed by atoms with Crippen LogP contribution in [-0.2, 0) is 5.88 Å². The lowest BCUT2D eigenvalue weighted by molar-refractivity contribution is 0.414. The van der Waals surface area contributed by atoms with E-state index in [2.05, 4.69) is 4.98 Å². The van der Waals surface area contributed by atoms with Gasteiger partial charge in [0.25, 0.3) is 0 Å². The first-order valence-corrected chi connectivity index (χ1v) is 7.43. The third-order valence-corrected chi connectivity index (χ3v) is 4.02. The summed E-state index contributed by atoms with van der Waals surface area (Å²) in [5.41, 5.74) is 3.87. The quantitative estimate of drug-likeness (QED) is 0.652. The van der Waals surface area contributed by atoms with Crippen molar-refractivity contribution in [1.29, 1.82) is 0 Å². The molecular weight excluding hydrogens is 307 g/mol. The molecule has 0 aliphatic heterocycles. The molecule has 0 unspecified atom stereocenters. The first-order chi connectivity index (χ1) is 10.2. The van der Waals surface area contributed by atoms with Gasteiger partial charge in [0.15, 0.2) is 0 Å². The van der Waals surface area contributed by atoms with Crippen LogP contribution in [0.15, 0.2) is 36.4 Å². The van der Waals surface area contributed by atoms with Crippen molar-refractivity contribution in [3.05, 3.63) is 52.8 Å². The van der Waals surface area contributed by atoms with Crippen LogP contribution >= 0.6 is 23.2 Å². The molecule has 0 atom stereocenters. The molecule has 0 radical (unpaired) electrons. The maximum atomic E-state index is 6.38. The Labute approximate surface area is 133 Å². The van der Waals surface area contributed by atoms with E-state index in [4.69, 9.17) is 27.9 Å². The topological polar surface area (TPSA) is 27.1 Å². The zero-order valence-electron chi connectivity index (χ0n) is 11.7. The summed E-state index contributed by atoms with van der Waals surface area (Å²) in [6, 6.07) is 11.6. The predicted octanol–water partition coefficient (Wildman–Crippen LogP) is 4.73. The highest BCUT2D eigenvalue weighted by Gasteiger charge is 2.16. The van der Waals surface area contributed by atoms with E-state index < -0.39 is 0 Å². The summed E-state index contributed by atoms with van der Waals surface area (Å²) in [4.78, 5) is 4.60. The number of para-hydroxylation sites is 1. The van der Waals surface area contributed by atoms with Gasteiger partial charge < -0.3 is 4.74 Å². The predicted molar refractivity (Wildman–Crippen MR) is 86.9 cm³/mol. The molecule has 1 aromatic heterocycles. The van der Waals surface area contributed by atoms with Crippen LogP contribution in [0.1, 0.15) is 11.4 Å². The van der Waals surface area contributed by atoms with Gasteiger partial charge in [-0.15, -0.1) is 11.6 Å². The zero-order valence-corrected chi connectivity index (χ0v) is 13.2. The molecule has 21 heavy (non-hydrogen) atoms. The van der Waals surface area contributed by atoms with Crippen molar-refractivity contribution >= 4 is 34.2 Å². The van der Waals surface area contributed by atoms with Gasteiger partial charge in [-0.3, -0.25) is 4.57 Å². The van der Waals surface area contributed by atoms with E-state index in [0.717, 1.165) is 33.9 Å². The smallest absolute Gasteiger partial charge is 0.129 e. The van der Waals surface area contributed by atoms with Gasteiger partial charge in [-0.1, -0.05) is 23.7 Å². The number of aryl methyl sites for hydroxylation is 1. The number of benzene rings is 2. The van der Waals surface area contributed by atoms with E-state index >= 15 is 0 Å². The number of nitrogens with zero attached hydrogens (tertiary/aromatic N) is 2. The highest BCUT2D eigenvalue weighted by atomic mass is 35.5. The van der Waals surface area contributed by atoms with Gasteiger partial charge in [0.05, 0.1) is 34.7 Å². The van der Waals surface area contributed by atoms with Crippen LogP contribution in [0.5, 0.6) is 5.75 Å². The fourth-order valence-electron chi connectivity index (χ4n) is 2.48. The van der Waals surface area contributed by atoms with E-state index in [1.54, 1.807) is 7.11 Å². The molecule has 0 fully saturated rings. The lowest BCUT2D eigenvalue weighted by atomic mass is 10.2. The van der Waals surface area contributed by atoms with Crippen molar-refractivity contribution in [2.24, 2.45) is 0 Å². The van der Waals surface area contributed by atoms with Gasteiger partial charge in [0, 0.05) is 6.07 Å². The van der Waals surface area contributed by atoms with E-state index in [0.29, 0.717) is 10.9 Å². The molecule has 1 heterocycles. The van der Waals surface area contributed by atoms with E-state index in [9.17, 15) is 0 Å². The molecular formula is C16H14Cl2N2O. The number of alkyl halides is 1. The number of hydrogen-bond donors (Lipinski definition) is 0. The normalized spacial score (nSPS) is 11.0. The molecule has 0 aliphatic rings. The number of hydrogen-bond acceptors (Lipinski definition) is 2. The van der Waals surface area contributed by atoms with Crippen LogP contribution < -0.4 is 4.74 Å². The molecule has 0 N–H and O–H groups in total. The number of imidazole rings is 1. The third-order valence-electron chi connectivity index (χ3n) is 3.46. The fourth-order valence-corrected chi connectivity index (χ4v) is 2.86. The molecule has 5 heteroatoms. The largest absolute Gasteiger partial charge is 0.497 e. The highest BCUT2D eigenvalue weighted by Crippen LogP contribution is 2.31. The average Bonchev–Trinajstić information content (AvgIpc) is 2.87. The second-order valence-electron chi connectivity index (χ2n) is 4.76. The van der Waals surface area contributed by atoms with E-state index in [1.807, 2.05) is 47.9 Å². The number of aromatic nitrogens is 2. The summed E-state index contributed by atoms with van der Waals surface area (Å²) in [5.74, 6) is 1.81. The van der Waals surface area contributed by atoms with Crippen molar-refractivity contribution in [3.8, 4) is 11.4 Å². The van der Waals surface area contributed by atoms with Gasteiger partial charge in [-0.2, -0.15) is 0 Å². The molecule has 2 aromatic carbocycles. The Balaban J connectivity index is 2.38. The minimum atomic E-state index is 0.307. The van der Waals surface area contributed by atoms with Gasteiger partial charge in [0.1, 0.15) is 11.6 Å². The van der Waals surface area contributed by atoms with Gasteiger partial charge >= 0.3 is 0 Å². The molecule has 3 aromatic rings. The first kappa shape index (κ1) is 14.2. The van der Waals surface area contributed by atoms with Crippen molar-refractivity contribution < 1.29 is 4.74 Å². The lowest BCUT2D eigenvalue weighted by Crippen LogP contribution is -2.01. The number of methoxy groups -OCH3 is 1. The molecule has 0 bridgehead atoms. The zero-order chi connectivity index (χ0) is 15.0. The summed E-state index contributed by atoms with van der Waals surface area (Å²) in [6.07, 6.45) is 0. The fraction of sp³-hybridized carbons (Fsp3) is 0.188. The molecule has 0 saturated heterocycles. The van der Waals surface area contributed by atoms with Gasteiger partial charge in [-0.05, 0) is 30.7 Å². The Morgan fingerprint density at radius 3 is 2.76 bits per heavy atom. The molecule has 0 aliphatic carbocycles. The molecule has 0 saturated carbocycles. The average molecular weight is 321 g/mol. The second kappa shape index (κ2) is 5.58. The maximum Gasteiger partial charge on any atom is 0.129 e. The summed E-state index contributed by atoms with van der Waals surface area (Å²) >= 11 is 12.5. The summed E-state index contributed by atoms with van der Waals surface area (Å²) in [6.45, 7) is 2.05. The lowest BCUT2D eigenvalue weighted by Gasteiger charge is -2.12. The van der Waals surface area contributed by atoms with Gasteiger partial charge in [0.2, 0.25) is 0 Å². The Bertz CT molecular complexity index is 811. The number of rotatable bonds is 3. The van der Waals surface area contributed by atoms with Gasteiger partial charge in [-0.25, -0.2) is 4.98 Å². The van der Waals surface area contributed by atoms with Crippen LogP contribution in [0.2, 0.25) is 5.02 Å². The van der Waals surface area contributed by atoms with Crippen molar-refractivity contribution in [3.63, 3.8) is 0 Å². The SMILES string of the molecule is COc1ccc(Cl)c(-n2c(CCl)nc3cccc(C)c32)c1. The molecule has 0 amide bonds. The second-order valence-corrected chi connectivity index (χ2v) is 5.43. The van der Waals surface area contributed by atoms with Crippen LogP contribution in [-0.4, -0.2) is 16.7 Å². The number of halogens is 2. The molecule has 3 nitrogen and oxygen atoms in total. The summed E-state index contributed by atoms with van der Waals surface area (Å²) in [5, 5.41) is 0.629. The summed E-state index contributed by atoms with van der Waals surface area (Å²) < 4.78 is 7.30. The Morgan fingerprint density at radius 1 is 1.24 bits per heavy atom.